The van der Waals surface area contributed by atoms with Gasteiger partial charge in [0.1, 0.15) is 17.3 Å². The van der Waals surface area contributed by atoms with Crippen LogP contribution in [0.2, 0.25) is 0 Å². The van der Waals surface area contributed by atoms with Crippen molar-refractivity contribution in [3.05, 3.63) is 47.8 Å². The summed E-state index contributed by atoms with van der Waals surface area (Å²) in [4.78, 5) is 0. The molecular weight excluding hydrogens is 353 g/mol. The Morgan fingerprint density at radius 3 is 2.31 bits per heavy atom. The minimum Gasteiger partial charge on any atom is -0.493 e. The third-order valence-corrected chi connectivity index (χ3v) is 4.16. The molecule has 0 fully saturated rings. The summed E-state index contributed by atoms with van der Waals surface area (Å²) in [5, 5.41) is 3.45. The highest BCUT2D eigenvalue weighted by molar-refractivity contribution is 6.17. The van der Waals surface area contributed by atoms with E-state index in [1.807, 2.05) is 19.1 Å². The van der Waals surface area contributed by atoms with E-state index in [9.17, 15) is 4.39 Å². The van der Waals surface area contributed by atoms with Crippen LogP contribution in [0.4, 0.5) is 4.39 Å². The number of nitrogens with one attached hydrogen (secondary N) is 1. The number of benzene rings is 2. The predicted octanol–water partition coefficient (Wildman–Crippen LogP) is 5.75. The summed E-state index contributed by atoms with van der Waals surface area (Å²) in [6, 6.07) is 10.3. The zero-order chi connectivity index (χ0) is 18.8. The van der Waals surface area contributed by atoms with Crippen LogP contribution in [0.5, 0.6) is 11.5 Å². The van der Waals surface area contributed by atoms with Gasteiger partial charge in [-0.2, -0.15) is 0 Å². The van der Waals surface area contributed by atoms with Crippen molar-refractivity contribution in [2.24, 2.45) is 0 Å². The van der Waals surface area contributed by atoms with Gasteiger partial charge in [0.15, 0.2) is 6.07 Å². The topological polar surface area (TPSA) is 30.5 Å². The van der Waals surface area contributed by atoms with Crippen molar-refractivity contribution < 1.29 is 13.9 Å². The standard InChI is InChI=1S/C21H27ClFNO2/c1-3-5-6-11-24-14-16-12-19(25-4-2)21(20(13-16)26-15-22)17-7-9-18(23)10-8-17/h7-10,12-13,24H,3-6,11,14-15H2,1-2H3. The molecule has 0 aliphatic carbocycles. The van der Waals surface area contributed by atoms with E-state index in [0.717, 1.165) is 36.2 Å². The molecule has 0 heterocycles. The number of halogens is 2. The summed E-state index contributed by atoms with van der Waals surface area (Å²) in [7, 11) is 0. The van der Waals surface area contributed by atoms with Crippen LogP contribution in [0.15, 0.2) is 36.4 Å². The lowest BCUT2D eigenvalue weighted by Gasteiger charge is -2.17. The molecule has 0 unspecified atom stereocenters. The minimum absolute atomic E-state index is 0.0349. The fourth-order valence-corrected chi connectivity index (χ4v) is 2.94. The highest BCUT2D eigenvalue weighted by atomic mass is 35.5. The van der Waals surface area contributed by atoms with Crippen LogP contribution in [-0.2, 0) is 6.54 Å². The van der Waals surface area contributed by atoms with Crippen molar-refractivity contribution in [3.8, 4) is 22.6 Å². The highest BCUT2D eigenvalue weighted by Gasteiger charge is 2.16. The maximum atomic E-state index is 13.3. The molecule has 2 rings (SSSR count). The largest absolute Gasteiger partial charge is 0.493 e. The summed E-state index contributed by atoms with van der Waals surface area (Å²) < 4.78 is 24.8. The second-order valence-electron chi connectivity index (χ2n) is 6.04. The van der Waals surface area contributed by atoms with Gasteiger partial charge in [-0.05, 0) is 55.3 Å². The Morgan fingerprint density at radius 1 is 1.00 bits per heavy atom. The first kappa shape index (κ1) is 20.5. The minimum atomic E-state index is -0.278. The Bertz CT molecular complexity index is 649. The normalized spacial score (nSPS) is 10.8. The van der Waals surface area contributed by atoms with Gasteiger partial charge in [-0.3, -0.25) is 0 Å². The SMILES string of the molecule is CCCCCNCc1cc(OCC)c(-c2ccc(F)cc2)c(OCCl)c1. The van der Waals surface area contributed by atoms with Crippen molar-refractivity contribution in [2.75, 3.05) is 19.2 Å². The van der Waals surface area contributed by atoms with Crippen LogP contribution in [0.3, 0.4) is 0 Å². The Labute approximate surface area is 160 Å². The number of rotatable bonds is 11. The molecule has 0 amide bonds. The Kier molecular flexibility index (Phi) is 8.72. The molecule has 0 atom stereocenters. The van der Waals surface area contributed by atoms with Gasteiger partial charge in [-0.25, -0.2) is 4.39 Å². The molecule has 0 spiro atoms. The molecule has 0 bridgehead atoms. The summed E-state index contributed by atoms with van der Waals surface area (Å²) in [5.41, 5.74) is 2.69. The molecule has 0 aromatic heterocycles. The average molecular weight is 380 g/mol. The van der Waals surface area contributed by atoms with E-state index < -0.39 is 0 Å². The van der Waals surface area contributed by atoms with Crippen LogP contribution in [0.1, 0.15) is 38.7 Å². The van der Waals surface area contributed by atoms with Gasteiger partial charge in [0.2, 0.25) is 0 Å². The lowest BCUT2D eigenvalue weighted by atomic mass is 10.0. The zero-order valence-electron chi connectivity index (χ0n) is 15.5. The van der Waals surface area contributed by atoms with Crippen LogP contribution >= 0.6 is 11.6 Å². The molecular formula is C21H27ClFNO2. The summed E-state index contributed by atoms with van der Waals surface area (Å²) in [5.74, 6) is 1.08. The molecule has 1 N–H and O–H groups in total. The number of hydrogen-bond donors (Lipinski definition) is 1. The predicted molar refractivity (Wildman–Crippen MR) is 106 cm³/mol. The van der Waals surface area contributed by atoms with Gasteiger partial charge in [0, 0.05) is 6.54 Å². The molecule has 5 heteroatoms. The van der Waals surface area contributed by atoms with E-state index in [1.165, 1.54) is 25.0 Å². The van der Waals surface area contributed by atoms with E-state index in [0.29, 0.717) is 18.1 Å². The average Bonchev–Trinajstić information content (AvgIpc) is 2.63. The number of hydrogen-bond acceptors (Lipinski definition) is 3. The first-order valence-electron chi connectivity index (χ1n) is 9.14. The number of alkyl halides is 1. The van der Waals surface area contributed by atoms with Gasteiger partial charge < -0.3 is 14.8 Å². The lowest BCUT2D eigenvalue weighted by molar-refractivity contribution is 0.336. The molecule has 0 radical (unpaired) electrons. The van der Waals surface area contributed by atoms with Crippen LogP contribution in [0, 0.1) is 5.82 Å². The quantitative estimate of drug-likeness (QED) is 0.398. The van der Waals surface area contributed by atoms with Gasteiger partial charge in [-0.15, -0.1) is 0 Å². The fraction of sp³-hybridized carbons (Fsp3) is 0.429. The van der Waals surface area contributed by atoms with E-state index in [1.54, 1.807) is 12.1 Å². The van der Waals surface area contributed by atoms with Gasteiger partial charge in [-0.1, -0.05) is 43.5 Å². The molecule has 2 aromatic carbocycles. The first-order valence-corrected chi connectivity index (χ1v) is 9.68. The third-order valence-electron chi connectivity index (χ3n) is 4.05. The second kappa shape index (κ2) is 11.0. The van der Waals surface area contributed by atoms with Crippen molar-refractivity contribution in [2.45, 2.75) is 39.7 Å². The number of ether oxygens (including phenoxy) is 2. The molecule has 0 saturated carbocycles. The van der Waals surface area contributed by atoms with Crippen LogP contribution < -0.4 is 14.8 Å². The lowest BCUT2D eigenvalue weighted by Crippen LogP contribution is -2.15. The van der Waals surface area contributed by atoms with E-state index >= 15 is 0 Å². The molecule has 2 aromatic rings. The molecule has 0 aliphatic rings. The summed E-state index contributed by atoms with van der Waals surface area (Å²) in [6.07, 6.45) is 3.59. The van der Waals surface area contributed by atoms with Crippen LogP contribution in [0.25, 0.3) is 11.1 Å². The maximum absolute atomic E-state index is 13.3. The smallest absolute Gasteiger partial charge is 0.162 e. The first-order chi connectivity index (χ1) is 12.7. The number of unbranched alkanes of at least 4 members (excludes halogenated alkanes) is 2. The highest BCUT2D eigenvalue weighted by Crippen LogP contribution is 2.40. The second-order valence-corrected chi connectivity index (χ2v) is 6.26. The fourth-order valence-electron chi connectivity index (χ4n) is 2.82. The van der Waals surface area contributed by atoms with E-state index in [2.05, 4.69) is 12.2 Å². The Balaban J connectivity index is 2.31. The molecule has 0 aliphatic heterocycles. The van der Waals surface area contributed by atoms with E-state index in [4.69, 9.17) is 21.1 Å². The monoisotopic (exact) mass is 379 g/mol. The van der Waals surface area contributed by atoms with Gasteiger partial charge in [0.05, 0.1) is 12.2 Å². The summed E-state index contributed by atoms with van der Waals surface area (Å²) in [6.45, 7) is 6.36. The van der Waals surface area contributed by atoms with Gasteiger partial charge in [0.25, 0.3) is 0 Å². The van der Waals surface area contributed by atoms with Crippen molar-refractivity contribution in [3.63, 3.8) is 0 Å². The van der Waals surface area contributed by atoms with Crippen molar-refractivity contribution >= 4 is 11.6 Å². The molecule has 142 valence electrons. The summed E-state index contributed by atoms with van der Waals surface area (Å²) >= 11 is 5.83. The molecule has 0 saturated heterocycles. The third kappa shape index (κ3) is 5.89. The van der Waals surface area contributed by atoms with Crippen molar-refractivity contribution in [1.29, 1.82) is 0 Å². The van der Waals surface area contributed by atoms with Gasteiger partial charge >= 0.3 is 0 Å². The zero-order valence-corrected chi connectivity index (χ0v) is 16.2. The maximum Gasteiger partial charge on any atom is 0.162 e. The molecule has 3 nitrogen and oxygen atoms in total. The Hall–Kier alpha value is -1.78. The van der Waals surface area contributed by atoms with Crippen molar-refractivity contribution in [1.82, 2.24) is 5.32 Å². The van der Waals surface area contributed by atoms with Crippen LogP contribution in [-0.4, -0.2) is 19.2 Å². The Morgan fingerprint density at radius 2 is 1.69 bits per heavy atom. The van der Waals surface area contributed by atoms with E-state index in [-0.39, 0.29) is 11.9 Å². The molecule has 26 heavy (non-hydrogen) atoms.